The number of amides is 1. The Balaban J connectivity index is 2.85. The maximum atomic E-state index is 12.9. The van der Waals surface area contributed by atoms with E-state index in [9.17, 15) is 18.0 Å². The third-order valence-corrected chi connectivity index (χ3v) is 3.05. The second kappa shape index (κ2) is 6.13. The molecule has 1 aromatic rings. The minimum Gasteiger partial charge on any atom is -0.326 e. The van der Waals surface area contributed by atoms with Crippen molar-refractivity contribution >= 4 is 27.5 Å². The molecule has 7 heteroatoms. The Bertz CT molecular complexity index is 495. The minimum atomic E-state index is -4.53. The summed E-state index contributed by atoms with van der Waals surface area (Å²) in [5.41, 5.74) is 4.06. The van der Waals surface area contributed by atoms with Crippen molar-refractivity contribution < 1.29 is 18.0 Å². The Morgan fingerprint density at radius 1 is 1.35 bits per heavy atom. The van der Waals surface area contributed by atoms with Gasteiger partial charge in [0, 0.05) is 16.4 Å². The summed E-state index contributed by atoms with van der Waals surface area (Å²) >= 11 is 2.98. The van der Waals surface area contributed by atoms with E-state index < -0.39 is 23.2 Å². The van der Waals surface area contributed by atoms with Crippen LogP contribution in [0.4, 0.5) is 18.9 Å². The van der Waals surface area contributed by atoms with Gasteiger partial charge in [0.1, 0.15) is 0 Å². The van der Waals surface area contributed by atoms with Crippen molar-refractivity contribution in [2.24, 2.45) is 5.73 Å². The summed E-state index contributed by atoms with van der Waals surface area (Å²) in [7, 11) is 0. The van der Waals surface area contributed by atoms with Gasteiger partial charge < -0.3 is 11.1 Å². The molecule has 0 spiro atoms. The Labute approximate surface area is 123 Å². The van der Waals surface area contributed by atoms with Crippen LogP contribution >= 0.6 is 15.9 Å². The summed E-state index contributed by atoms with van der Waals surface area (Å²) in [6.45, 7) is 3.50. The van der Waals surface area contributed by atoms with E-state index in [1.807, 2.05) is 0 Å². The first kappa shape index (κ1) is 17.0. The van der Waals surface area contributed by atoms with Crippen LogP contribution in [0.3, 0.4) is 0 Å². The minimum absolute atomic E-state index is 0.0663. The molecule has 0 saturated heterocycles. The van der Waals surface area contributed by atoms with Crippen molar-refractivity contribution in [2.75, 3.05) is 5.32 Å². The van der Waals surface area contributed by atoms with E-state index in [0.29, 0.717) is 10.9 Å². The lowest BCUT2D eigenvalue weighted by Gasteiger charge is -2.18. The van der Waals surface area contributed by atoms with E-state index in [4.69, 9.17) is 5.73 Å². The van der Waals surface area contributed by atoms with Gasteiger partial charge in [0.05, 0.1) is 11.3 Å². The standard InChI is InChI=1S/C13H16BrF3N2O/c1-12(2,18)6-5-11(20)19-10-4-3-8(14)7-9(10)13(15,16)17/h3-4,7H,5-6,18H2,1-2H3,(H,19,20). The van der Waals surface area contributed by atoms with Crippen LogP contribution in [0.1, 0.15) is 32.3 Å². The number of alkyl halides is 3. The summed E-state index contributed by atoms with van der Waals surface area (Å²) in [5.74, 6) is -0.489. The van der Waals surface area contributed by atoms with Crippen LogP contribution in [-0.2, 0) is 11.0 Å². The molecule has 0 aromatic heterocycles. The van der Waals surface area contributed by atoms with Crippen LogP contribution in [0.25, 0.3) is 0 Å². The van der Waals surface area contributed by atoms with Gasteiger partial charge in [-0.2, -0.15) is 13.2 Å². The molecule has 1 aromatic carbocycles. The molecule has 0 fully saturated rings. The highest BCUT2D eigenvalue weighted by atomic mass is 79.9. The summed E-state index contributed by atoms with van der Waals surface area (Å²) in [6.07, 6.45) is -4.08. The molecule has 1 amide bonds. The first-order chi connectivity index (χ1) is 8.99. The van der Waals surface area contributed by atoms with Gasteiger partial charge in [-0.1, -0.05) is 15.9 Å². The average molecular weight is 353 g/mol. The Morgan fingerprint density at radius 3 is 2.45 bits per heavy atom. The van der Waals surface area contributed by atoms with E-state index >= 15 is 0 Å². The second-order valence-corrected chi connectivity index (χ2v) is 6.14. The normalized spacial score (nSPS) is 12.3. The highest BCUT2D eigenvalue weighted by molar-refractivity contribution is 9.10. The molecule has 0 heterocycles. The van der Waals surface area contributed by atoms with Crippen LogP contribution in [0.2, 0.25) is 0 Å². The van der Waals surface area contributed by atoms with Gasteiger partial charge in [0.15, 0.2) is 0 Å². The number of hydrogen-bond donors (Lipinski definition) is 2. The largest absolute Gasteiger partial charge is 0.418 e. The molecule has 112 valence electrons. The van der Waals surface area contributed by atoms with Crippen LogP contribution in [0.5, 0.6) is 0 Å². The van der Waals surface area contributed by atoms with Gasteiger partial charge in [0.2, 0.25) is 5.91 Å². The maximum absolute atomic E-state index is 12.9. The van der Waals surface area contributed by atoms with Gasteiger partial charge >= 0.3 is 6.18 Å². The molecular weight excluding hydrogens is 337 g/mol. The lowest BCUT2D eigenvalue weighted by Crippen LogP contribution is -2.33. The van der Waals surface area contributed by atoms with Gasteiger partial charge in [0.25, 0.3) is 0 Å². The lowest BCUT2D eigenvalue weighted by atomic mass is 10.00. The number of nitrogens with one attached hydrogen (secondary N) is 1. The fourth-order valence-corrected chi connectivity index (χ4v) is 1.87. The van der Waals surface area contributed by atoms with Crippen molar-refractivity contribution in [1.29, 1.82) is 0 Å². The fourth-order valence-electron chi connectivity index (χ4n) is 1.51. The fraction of sp³-hybridized carbons (Fsp3) is 0.462. The van der Waals surface area contributed by atoms with Crippen LogP contribution in [0.15, 0.2) is 22.7 Å². The number of rotatable bonds is 4. The number of benzene rings is 1. The van der Waals surface area contributed by atoms with E-state index in [1.165, 1.54) is 12.1 Å². The van der Waals surface area contributed by atoms with Gasteiger partial charge in [-0.25, -0.2) is 0 Å². The Morgan fingerprint density at radius 2 is 1.95 bits per heavy atom. The molecule has 3 N–H and O–H groups in total. The number of nitrogens with two attached hydrogens (primary N) is 1. The van der Waals surface area contributed by atoms with E-state index in [0.717, 1.165) is 6.07 Å². The van der Waals surface area contributed by atoms with Crippen molar-refractivity contribution in [2.45, 2.75) is 38.4 Å². The van der Waals surface area contributed by atoms with E-state index in [1.54, 1.807) is 13.8 Å². The van der Waals surface area contributed by atoms with Gasteiger partial charge in [-0.05, 0) is 38.5 Å². The van der Waals surface area contributed by atoms with Crippen LogP contribution < -0.4 is 11.1 Å². The van der Waals surface area contributed by atoms with Crippen LogP contribution in [0, 0.1) is 0 Å². The van der Waals surface area contributed by atoms with Gasteiger partial charge in [-0.15, -0.1) is 0 Å². The first-order valence-corrected chi connectivity index (χ1v) is 6.74. The molecule has 0 radical (unpaired) electrons. The molecule has 20 heavy (non-hydrogen) atoms. The van der Waals surface area contributed by atoms with E-state index in [2.05, 4.69) is 21.2 Å². The summed E-state index contributed by atoms with van der Waals surface area (Å²) in [6, 6.07) is 3.60. The topological polar surface area (TPSA) is 55.1 Å². The van der Waals surface area contributed by atoms with Crippen molar-refractivity contribution in [3.8, 4) is 0 Å². The molecular formula is C13H16BrF3N2O. The molecule has 3 nitrogen and oxygen atoms in total. The zero-order chi connectivity index (χ0) is 15.6. The Kier molecular flexibility index (Phi) is 5.21. The summed E-state index contributed by atoms with van der Waals surface area (Å²) in [4.78, 5) is 11.7. The highest BCUT2D eigenvalue weighted by Crippen LogP contribution is 2.36. The van der Waals surface area contributed by atoms with Gasteiger partial charge in [-0.3, -0.25) is 4.79 Å². The molecule has 0 saturated carbocycles. The van der Waals surface area contributed by atoms with Crippen molar-refractivity contribution in [3.05, 3.63) is 28.2 Å². The summed E-state index contributed by atoms with van der Waals surface area (Å²) in [5, 5.41) is 2.28. The number of carbonyl (C=O) groups is 1. The van der Waals surface area contributed by atoms with E-state index in [-0.39, 0.29) is 12.1 Å². The number of carbonyl (C=O) groups excluding carboxylic acids is 1. The average Bonchev–Trinajstić information content (AvgIpc) is 2.26. The quantitative estimate of drug-likeness (QED) is 0.862. The molecule has 0 atom stereocenters. The maximum Gasteiger partial charge on any atom is 0.418 e. The molecule has 0 bridgehead atoms. The lowest BCUT2D eigenvalue weighted by molar-refractivity contribution is -0.137. The molecule has 0 unspecified atom stereocenters. The zero-order valence-corrected chi connectivity index (χ0v) is 12.7. The predicted molar refractivity (Wildman–Crippen MR) is 75.3 cm³/mol. The third-order valence-electron chi connectivity index (χ3n) is 2.56. The van der Waals surface area contributed by atoms with Crippen molar-refractivity contribution in [3.63, 3.8) is 0 Å². The third kappa shape index (κ3) is 5.50. The molecule has 0 aliphatic rings. The SMILES string of the molecule is CC(C)(N)CCC(=O)Nc1ccc(Br)cc1C(F)(F)F. The Hall–Kier alpha value is -1.08. The highest BCUT2D eigenvalue weighted by Gasteiger charge is 2.34. The van der Waals surface area contributed by atoms with Crippen LogP contribution in [-0.4, -0.2) is 11.4 Å². The summed E-state index contributed by atoms with van der Waals surface area (Å²) < 4.78 is 38.9. The first-order valence-electron chi connectivity index (χ1n) is 5.94. The second-order valence-electron chi connectivity index (χ2n) is 5.22. The molecule has 0 aliphatic heterocycles. The zero-order valence-electron chi connectivity index (χ0n) is 11.1. The predicted octanol–water partition coefficient (Wildman–Crippen LogP) is 3.92. The molecule has 0 aliphatic carbocycles. The van der Waals surface area contributed by atoms with Crippen molar-refractivity contribution in [1.82, 2.24) is 0 Å². The monoisotopic (exact) mass is 352 g/mol. The number of anilines is 1. The molecule has 1 rings (SSSR count). The number of halogens is 4. The number of hydrogen-bond acceptors (Lipinski definition) is 2. The smallest absolute Gasteiger partial charge is 0.326 e.